The maximum atomic E-state index is 2.47. The lowest BCUT2D eigenvalue weighted by Crippen LogP contribution is -2.02. The van der Waals surface area contributed by atoms with Crippen molar-refractivity contribution in [3.05, 3.63) is 178 Å². The number of hydrogen-bond acceptors (Lipinski definition) is 0. The van der Waals surface area contributed by atoms with Crippen LogP contribution >= 0.6 is 0 Å². The van der Waals surface area contributed by atoms with Crippen LogP contribution in [0.15, 0.2) is 121 Å². The molecule has 2 nitrogen and oxygen atoms in total. The first-order valence-corrected chi connectivity index (χ1v) is 19.6. The van der Waals surface area contributed by atoms with E-state index in [1.807, 2.05) is 0 Å². The van der Waals surface area contributed by atoms with E-state index in [2.05, 4.69) is 182 Å². The molecule has 0 aliphatic heterocycles. The zero-order valence-corrected chi connectivity index (χ0v) is 31.7. The molecule has 6 aromatic rings. The van der Waals surface area contributed by atoms with Crippen molar-refractivity contribution in [2.45, 2.75) is 72.6 Å². The molecule has 0 saturated carbocycles. The van der Waals surface area contributed by atoms with Gasteiger partial charge in [0.05, 0.1) is 0 Å². The van der Waals surface area contributed by atoms with Gasteiger partial charge in [0.25, 0.3) is 0 Å². The second kappa shape index (κ2) is 15.2. The molecular weight excluding hydrogens is 641 g/mol. The second-order valence-corrected chi connectivity index (χ2v) is 14.4. The Morgan fingerprint density at radius 2 is 0.868 bits per heavy atom. The molecule has 0 fully saturated rings. The van der Waals surface area contributed by atoms with E-state index in [4.69, 9.17) is 0 Å². The standard InChI is InChI=1S/C51H50N2/c1-5-13-48-44(7-3)45(8-4)49(14-6-2)52(48)42-31-27-40(28-32-42)38-23-19-36(20-24-38)35-37-21-25-39(26-22-37)41-29-33-43(34-30-41)53-50-17-11-9-15-46(50)47-16-10-12-18-51(47)53/h5-6,11-14,17-34H,7-10,15-16,35H2,1-4H3/b13-5-,14-6-. The lowest BCUT2D eigenvalue weighted by molar-refractivity contribution is 0.922. The minimum atomic E-state index is 0.915. The summed E-state index contributed by atoms with van der Waals surface area (Å²) >= 11 is 0. The summed E-state index contributed by atoms with van der Waals surface area (Å²) in [5, 5.41) is 0. The van der Waals surface area contributed by atoms with E-state index >= 15 is 0 Å². The van der Waals surface area contributed by atoms with Crippen molar-refractivity contribution < 1.29 is 0 Å². The lowest BCUT2D eigenvalue weighted by atomic mass is 9.94. The average Bonchev–Trinajstić information content (AvgIpc) is 3.70. The molecule has 0 saturated heterocycles. The van der Waals surface area contributed by atoms with Crippen LogP contribution in [0.4, 0.5) is 0 Å². The van der Waals surface area contributed by atoms with Gasteiger partial charge in [0.15, 0.2) is 0 Å². The third-order valence-corrected chi connectivity index (χ3v) is 11.2. The number of benzene rings is 4. The van der Waals surface area contributed by atoms with Gasteiger partial charge >= 0.3 is 0 Å². The van der Waals surface area contributed by atoms with Crippen LogP contribution in [0.5, 0.6) is 0 Å². The Labute approximate surface area is 316 Å². The number of rotatable bonds is 10. The van der Waals surface area contributed by atoms with Gasteiger partial charge in [0, 0.05) is 34.2 Å². The Hall–Kier alpha value is -5.60. The molecule has 2 heteroatoms. The van der Waals surface area contributed by atoms with Gasteiger partial charge in [0.1, 0.15) is 0 Å². The lowest BCUT2D eigenvalue weighted by Gasteiger charge is -2.14. The molecule has 2 aromatic heterocycles. The van der Waals surface area contributed by atoms with Crippen LogP contribution in [0.1, 0.15) is 96.7 Å². The van der Waals surface area contributed by atoms with E-state index < -0.39 is 0 Å². The molecule has 8 rings (SSSR count). The van der Waals surface area contributed by atoms with Crippen molar-refractivity contribution in [3.8, 4) is 33.6 Å². The van der Waals surface area contributed by atoms with Gasteiger partial charge in [-0.15, -0.1) is 0 Å². The molecule has 0 bridgehead atoms. The highest BCUT2D eigenvalue weighted by atomic mass is 15.0. The fourth-order valence-corrected chi connectivity index (χ4v) is 8.65. The Morgan fingerprint density at radius 1 is 0.491 bits per heavy atom. The van der Waals surface area contributed by atoms with Crippen LogP contribution in [0.3, 0.4) is 0 Å². The first-order chi connectivity index (χ1) is 26.1. The van der Waals surface area contributed by atoms with Crippen LogP contribution in [0, 0.1) is 0 Å². The summed E-state index contributed by atoms with van der Waals surface area (Å²) in [6.07, 6.45) is 25.7. The van der Waals surface area contributed by atoms with Crippen LogP contribution in [0.2, 0.25) is 0 Å². The van der Waals surface area contributed by atoms with E-state index in [0.29, 0.717) is 0 Å². The van der Waals surface area contributed by atoms with Gasteiger partial charge in [-0.1, -0.05) is 111 Å². The monoisotopic (exact) mass is 690 g/mol. The van der Waals surface area contributed by atoms with Crippen molar-refractivity contribution in [3.63, 3.8) is 0 Å². The Kier molecular flexibility index (Phi) is 9.87. The normalized spacial score (nSPS) is 13.7. The molecule has 0 spiro atoms. The van der Waals surface area contributed by atoms with Crippen LogP contribution in [-0.2, 0) is 32.1 Å². The van der Waals surface area contributed by atoms with E-state index in [0.717, 1.165) is 44.9 Å². The van der Waals surface area contributed by atoms with Gasteiger partial charge in [-0.3, -0.25) is 0 Å². The highest BCUT2D eigenvalue weighted by Gasteiger charge is 2.23. The maximum Gasteiger partial charge on any atom is 0.0494 e. The van der Waals surface area contributed by atoms with Crippen LogP contribution < -0.4 is 0 Å². The minimum Gasteiger partial charge on any atom is -0.310 e. The largest absolute Gasteiger partial charge is 0.310 e. The average molecular weight is 691 g/mol. The zero-order chi connectivity index (χ0) is 36.3. The quantitative estimate of drug-likeness (QED) is 0.135. The molecule has 264 valence electrons. The minimum absolute atomic E-state index is 0.915. The van der Waals surface area contributed by atoms with Crippen LogP contribution in [-0.4, -0.2) is 9.13 Å². The summed E-state index contributed by atoms with van der Waals surface area (Å²) in [4.78, 5) is 0. The molecule has 0 N–H and O–H groups in total. The summed E-state index contributed by atoms with van der Waals surface area (Å²) in [5.74, 6) is 0. The van der Waals surface area contributed by atoms with Gasteiger partial charge in [-0.2, -0.15) is 0 Å². The van der Waals surface area contributed by atoms with Gasteiger partial charge < -0.3 is 9.13 Å². The number of fused-ring (bicyclic) bond motifs is 3. The molecule has 0 unspecified atom stereocenters. The Balaban J connectivity index is 0.966. The van der Waals surface area contributed by atoms with E-state index in [1.165, 1.54) is 78.7 Å². The Morgan fingerprint density at radius 3 is 1.25 bits per heavy atom. The van der Waals surface area contributed by atoms with Crippen molar-refractivity contribution in [2.24, 2.45) is 0 Å². The molecule has 0 radical (unpaired) electrons. The third kappa shape index (κ3) is 6.53. The molecule has 0 atom stereocenters. The predicted octanol–water partition coefficient (Wildman–Crippen LogP) is 13.3. The molecule has 53 heavy (non-hydrogen) atoms. The summed E-state index contributed by atoms with van der Waals surface area (Å²) < 4.78 is 4.90. The van der Waals surface area contributed by atoms with Crippen molar-refractivity contribution in [1.29, 1.82) is 0 Å². The topological polar surface area (TPSA) is 9.86 Å². The molecule has 2 heterocycles. The third-order valence-electron chi connectivity index (χ3n) is 11.2. The first-order valence-electron chi connectivity index (χ1n) is 19.6. The predicted molar refractivity (Wildman–Crippen MR) is 228 cm³/mol. The summed E-state index contributed by atoms with van der Waals surface area (Å²) in [6.45, 7) is 8.75. The van der Waals surface area contributed by atoms with Crippen molar-refractivity contribution in [2.75, 3.05) is 0 Å². The molecule has 0 amide bonds. The fraction of sp³-hybridized carbons (Fsp3) is 0.216. The highest BCUT2D eigenvalue weighted by Crippen LogP contribution is 2.36. The molecule has 2 aliphatic carbocycles. The fourth-order valence-electron chi connectivity index (χ4n) is 8.65. The van der Waals surface area contributed by atoms with Gasteiger partial charge in [-0.05, 0) is 163 Å². The van der Waals surface area contributed by atoms with Gasteiger partial charge in [0.2, 0.25) is 0 Å². The number of allylic oxidation sites excluding steroid dienone is 4. The van der Waals surface area contributed by atoms with Crippen molar-refractivity contribution >= 4 is 24.3 Å². The van der Waals surface area contributed by atoms with Crippen molar-refractivity contribution in [1.82, 2.24) is 9.13 Å². The highest BCUT2D eigenvalue weighted by molar-refractivity contribution is 5.72. The SMILES string of the molecule is C/C=C\c1c(CC)c(CC)c(/C=C\C)n1-c1ccc(-c2ccc(Cc3ccc(-c4ccc(-n5c6c(c7c5C=CCC7)CCC=C6)cc4)cc3)cc2)cc1. The maximum absolute atomic E-state index is 2.47. The van der Waals surface area contributed by atoms with Crippen LogP contribution in [0.25, 0.3) is 57.9 Å². The summed E-state index contributed by atoms with van der Waals surface area (Å²) in [7, 11) is 0. The number of hydrogen-bond donors (Lipinski definition) is 0. The summed E-state index contributed by atoms with van der Waals surface area (Å²) in [6, 6.07) is 36.4. The Bertz CT molecular complexity index is 2270. The van der Waals surface area contributed by atoms with Gasteiger partial charge in [-0.25, -0.2) is 0 Å². The number of nitrogens with zero attached hydrogens (tertiary/aromatic N) is 2. The first kappa shape index (κ1) is 34.5. The second-order valence-electron chi connectivity index (χ2n) is 14.4. The number of aromatic nitrogens is 2. The molecule has 4 aromatic carbocycles. The van der Waals surface area contributed by atoms with E-state index in [-0.39, 0.29) is 0 Å². The van der Waals surface area contributed by atoms with E-state index in [1.54, 1.807) is 11.1 Å². The smallest absolute Gasteiger partial charge is 0.0494 e. The molecule has 2 aliphatic rings. The zero-order valence-electron chi connectivity index (χ0n) is 31.7. The molecular formula is C51H50N2. The summed E-state index contributed by atoms with van der Waals surface area (Å²) in [5.41, 5.74) is 21.4. The van der Waals surface area contributed by atoms with E-state index in [9.17, 15) is 0 Å².